The number of nitrogens with zero attached hydrogens (tertiary/aromatic N) is 3. The highest BCUT2D eigenvalue weighted by atomic mass is 28.3. The molecule has 0 unspecified atom stereocenters. The van der Waals surface area contributed by atoms with Crippen molar-refractivity contribution in [1.29, 1.82) is 5.26 Å². The van der Waals surface area contributed by atoms with E-state index >= 15 is 0 Å². The van der Waals surface area contributed by atoms with Gasteiger partial charge < -0.3 is 9.80 Å². The molecule has 8 rings (SSSR count). The van der Waals surface area contributed by atoms with E-state index in [1.54, 1.807) is 0 Å². The van der Waals surface area contributed by atoms with Crippen LogP contribution in [-0.2, 0) is 5.41 Å². The maximum Gasteiger partial charge on any atom is 0.0991 e. The molecule has 1 aliphatic rings. The van der Waals surface area contributed by atoms with Gasteiger partial charge in [0.15, 0.2) is 0 Å². The second-order valence-electron chi connectivity index (χ2n) is 15.9. The lowest BCUT2D eigenvalue weighted by atomic mass is 9.81. The summed E-state index contributed by atoms with van der Waals surface area (Å²) in [7, 11) is -1.45. The summed E-state index contributed by atoms with van der Waals surface area (Å²) < 4.78 is 0. The summed E-state index contributed by atoms with van der Waals surface area (Å²) in [6.45, 7) is 11.8. The van der Waals surface area contributed by atoms with Crippen LogP contribution in [0, 0.1) is 11.3 Å². The molecule has 0 heterocycles. The van der Waals surface area contributed by atoms with E-state index in [0.29, 0.717) is 5.56 Å². The Balaban J connectivity index is 1.08. The first kappa shape index (κ1) is 35.6. The van der Waals surface area contributed by atoms with Crippen LogP contribution in [-0.4, -0.2) is 8.07 Å². The highest BCUT2D eigenvalue weighted by Gasteiger charge is 2.36. The Kier molecular flexibility index (Phi) is 9.35. The van der Waals surface area contributed by atoms with Crippen molar-refractivity contribution in [3.05, 3.63) is 198 Å². The third-order valence-electron chi connectivity index (χ3n) is 10.8. The minimum Gasteiger partial charge on any atom is -0.311 e. The summed E-state index contributed by atoms with van der Waals surface area (Å²) in [6.07, 6.45) is 4.43. The van der Waals surface area contributed by atoms with Gasteiger partial charge in [-0.15, -0.1) is 0 Å². The molecule has 7 aromatic rings. The van der Waals surface area contributed by atoms with Crippen molar-refractivity contribution in [1.82, 2.24) is 0 Å². The number of anilines is 6. The van der Waals surface area contributed by atoms with Crippen molar-refractivity contribution in [3.63, 3.8) is 0 Å². The number of nitriles is 1. The molecule has 0 aliphatic heterocycles. The van der Waals surface area contributed by atoms with Gasteiger partial charge in [-0.1, -0.05) is 136 Å². The highest BCUT2D eigenvalue weighted by Crippen LogP contribution is 2.51. The molecule has 0 fully saturated rings. The summed E-state index contributed by atoms with van der Waals surface area (Å²) >= 11 is 0. The number of hydrogen-bond acceptors (Lipinski definition) is 3. The smallest absolute Gasteiger partial charge is 0.0991 e. The molecule has 0 aromatic heterocycles. The van der Waals surface area contributed by atoms with Crippen molar-refractivity contribution in [3.8, 4) is 17.2 Å². The number of rotatable bonds is 9. The van der Waals surface area contributed by atoms with Gasteiger partial charge in [0.25, 0.3) is 0 Å². The van der Waals surface area contributed by atoms with Crippen LogP contribution in [0.1, 0.15) is 41.7 Å². The molecule has 0 saturated carbocycles. The largest absolute Gasteiger partial charge is 0.311 e. The van der Waals surface area contributed by atoms with Crippen LogP contribution in [0.2, 0.25) is 19.6 Å². The van der Waals surface area contributed by atoms with E-state index in [0.717, 1.165) is 39.7 Å². The average Bonchev–Trinajstić information content (AvgIpc) is 3.43. The van der Waals surface area contributed by atoms with Crippen molar-refractivity contribution in [2.45, 2.75) is 38.9 Å². The topological polar surface area (TPSA) is 30.3 Å². The summed E-state index contributed by atoms with van der Waals surface area (Å²) in [6, 6.07) is 62.8. The molecule has 0 saturated heterocycles. The summed E-state index contributed by atoms with van der Waals surface area (Å²) in [5, 5.41) is 10.9. The molecule has 3 nitrogen and oxygen atoms in total. The zero-order valence-corrected chi connectivity index (χ0v) is 33.2. The normalized spacial score (nSPS) is 12.9. The van der Waals surface area contributed by atoms with Gasteiger partial charge in [0.2, 0.25) is 0 Å². The minimum atomic E-state index is -1.45. The molecule has 1 aliphatic carbocycles. The molecule has 0 spiro atoms. The molecular weight excluding hydrogens is 683 g/mol. The predicted octanol–water partition coefficient (Wildman–Crippen LogP) is 13.5. The maximum atomic E-state index is 9.50. The van der Waals surface area contributed by atoms with Crippen LogP contribution >= 0.6 is 0 Å². The summed E-state index contributed by atoms with van der Waals surface area (Å²) in [4.78, 5) is 4.60. The van der Waals surface area contributed by atoms with Crippen LogP contribution in [0.3, 0.4) is 0 Å². The Labute approximate surface area is 327 Å². The van der Waals surface area contributed by atoms with E-state index in [-0.39, 0.29) is 5.41 Å². The van der Waals surface area contributed by atoms with E-state index in [4.69, 9.17) is 0 Å². The Morgan fingerprint density at radius 2 is 0.891 bits per heavy atom. The first-order chi connectivity index (χ1) is 26.6. The molecule has 0 atom stereocenters. The SMILES string of the molecule is CC1(C)c2cc(/C=C/c3ccc(N(c4ccccc4)c4ccccc4)cc3)ccc2-c2ccc(N(c3ccc(C#N)cc3)c3ccc([Si](C)(C)C)cc3)cc21. The predicted molar refractivity (Wildman–Crippen MR) is 236 cm³/mol. The summed E-state index contributed by atoms with van der Waals surface area (Å²) in [5.74, 6) is 0. The van der Waals surface area contributed by atoms with E-state index in [1.165, 1.54) is 33.0 Å². The number of para-hydroxylation sites is 2. The Hall–Kier alpha value is -6.41. The number of hydrogen-bond donors (Lipinski definition) is 0. The molecule has 4 heteroatoms. The first-order valence-corrected chi connectivity index (χ1v) is 22.5. The standard InChI is InChI=1S/C51H45N3Si/c1-51(2)49-34-38(17-16-37-18-23-42(24-19-37)53(40-12-8-6-9-13-40)41-14-10-7-11-15-41)22-32-47(49)48-33-29-45(35-50(48)51)54(43-25-20-39(36-52)21-26-43)44-27-30-46(31-28-44)55(3,4)5/h6-35H,1-5H3/b17-16+. The second-order valence-corrected chi connectivity index (χ2v) is 21.0. The number of benzene rings is 7. The zero-order chi connectivity index (χ0) is 38.2. The number of fused-ring (bicyclic) bond motifs is 3. The average molecular weight is 728 g/mol. The van der Waals surface area contributed by atoms with Crippen LogP contribution in [0.5, 0.6) is 0 Å². The van der Waals surface area contributed by atoms with Gasteiger partial charge in [-0.3, -0.25) is 0 Å². The molecular formula is C51H45N3Si. The van der Waals surface area contributed by atoms with Gasteiger partial charge in [-0.25, -0.2) is 0 Å². The lowest BCUT2D eigenvalue weighted by molar-refractivity contribution is 0.660. The van der Waals surface area contributed by atoms with E-state index in [1.807, 2.05) is 24.3 Å². The summed E-state index contributed by atoms with van der Waals surface area (Å²) in [5.41, 5.74) is 14.6. The fourth-order valence-electron chi connectivity index (χ4n) is 7.76. The van der Waals surface area contributed by atoms with Gasteiger partial charge in [-0.05, 0) is 118 Å². The van der Waals surface area contributed by atoms with E-state index in [2.05, 4.69) is 207 Å². The zero-order valence-electron chi connectivity index (χ0n) is 32.2. The molecule has 0 N–H and O–H groups in total. The molecule has 0 amide bonds. The van der Waals surface area contributed by atoms with Crippen molar-refractivity contribution in [2.75, 3.05) is 9.80 Å². The maximum absolute atomic E-state index is 9.50. The Bertz CT molecular complexity index is 2480. The second kappa shape index (κ2) is 14.4. The van der Waals surface area contributed by atoms with Gasteiger partial charge >= 0.3 is 0 Å². The fraction of sp³-hybridized carbons (Fsp3) is 0.118. The monoisotopic (exact) mass is 727 g/mol. The van der Waals surface area contributed by atoms with Crippen LogP contribution < -0.4 is 15.0 Å². The van der Waals surface area contributed by atoms with Gasteiger partial charge in [0.05, 0.1) is 19.7 Å². The first-order valence-electron chi connectivity index (χ1n) is 19.0. The quantitative estimate of drug-likeness (QED) is 0.110. The third-order valence-corrected chi connectivity index (χ3v) is 12.9. The minimum absolute atomic E-state index is 0.192. The van der Waals surface area contributed by atoms with Crippen molar-refractivity contribution in [2.24, 2.45) is 0 Å². The molecule has 0 radical (unpaired) electrons. The molecule has 0 bridgehead atoms. The highest BCUT2D eigenvalue weighted by molar-refractivity contribution is 6.88. The van der Waals surface area contributed by atoms with Crippen LogP contribution in [0.25, 0.3) is 23.3 Å². The lowest BCUT2D eigenvalue weighted by Crippen LogP contribution is -2.37. The van der Waals surface area contributed by atoms with Gasteiger partial charge in [-0.2, -0.15) is 5.26 Å². The molecule has 7 aromatic carbocycles. The fourth-order valence-corrected chi connectivity index (χ4v) is 8.92. The van der Waals surface area contributed by atoms with Crippen LogP contribution in [0.4, 0.5) is 34.1 Å². The van der Waals surface area contributed by atoms with Crippen LogP contribution in [0.15, 0.2) is 170 Å². The van der Waals surface area contributed by atoms with E-state index in [9.17, 15) is 5.26 Å². The van der Waals surface area contributed by atoms with Crippen molar-refractivity contribution < 1.29 is 0 Å². The third kappa shape index (κ3) is 7.03. The molecule has 55 heavy (non-hydrogen) atoms. The Morgan fingerprint density at radius 1 is 0.473 bits per heavy atom. The Morgan fingerprint density at radius 3 is 1.44 bits per heavy atom. The van der Waals surface area contributed by atoms with Crippen molar-refractivity contribution >= 4 is 59.5 Å². The van der Waals surface area contributed by atoms with Gasteiger partial charge in [0, 0.05) is 39.5 Å². The van der Waals surface area contributed by atoms with E-state index < -0.39 is 8.07 Å². The lowest BCUT2D eigenvalue weighted by Gasteiger charge is -2.29. The van der Waals surface area contributed by atoms with Gasteiger partial charge in [0.1, 0.15) is 0 Å². The molecule has 268 valence electrons.